The molecule has 0 saturated carbocycles. The number of amides is 2. The van der Waals surface area contributed by atoms with Gasteiger partial charge < -0.3 is 5.32 Å². The lowest BCUT2D eigenvalue weighted by molar-refractivity contribution is 0.0954. The third-order valence-corrected chi connectivity index (χ3v) is 5.40. The van der Waals surface area contributed by atoms with Crippen molar-refractivity contribution in [1.29, 1.82) is 0 Å². The van der Waals surface area contributed by atoms with E-state index in [2.05, 4.69) is 62.6 Å². The van der Waals surface area contributed by atoms with E-state index < -0.39 is 0 Å². The first-order chi connectivity index (χ1) is 15.6. The third-order valence-electron chi connectivity index (χ3n) is 5.40. The van der Waals surface area contributed by atoms with Gasteiger partial charge in [-0.3, -0.25) is 9.59 Å². The fraction of sp³-hybridized carbons (Fsp3) is 0.250. The number of hydrogen-bond donors (Lipinski definition) is 2. The molecule has 0 aliphatic heterocycles. The van der Waals surface area contributed by atoms with Crippen LogP contribution in [0.5, 0.6) is 0 Å². The average Bonchev–Trinajstić information content (AvgIpc) is 2.79. The highest BCUT2D eigenvalue weighted by Crippen LogP contribution is 2.22. The molecule has 0 aliphatic carbocycles. The van der Waals surface area contributed by atoms with E-state index >= 15 is 0 Å². The number of anilines is 1. The molecule has 170 valence electrons. The molecule has 0 atom stereocenters. The Morgan fingerprint density at radius 2 is 1.33 bits per heavy atom. The fourth-order valence-corrected chi connectivity index (χ4v) is 3.23. The Balaban J connectivity index is 1.55. The van der Waals surface area contributed by atoms with Crippen LogP contribution in [0.25, 0.3) is 0 Å². The Labute approximate surface area is 195 Å². The maximum atomic E-state index is 12.5. The van der Waals surface area contributed by atoms with Crippen LogP contribution >= 0.6 is 0 Å². The number of rotatable bonds is 6. The summed E-state index contributed by atoms with van der Waals surface area (Å²) in [5, 5.41) is 6.89. The lowest BCUT2D eigenvalue weighted by Gasteiger charge is -2.19. The molecule has 0 aliphatic rings. The van der Waals surface area contributed by atoms with E-state index in [-0.39, 0.29) is 17.2 Å². The molecule has 33 heavy (non-hydrogen) atoms. The van der Waals surface area contributed by atoms with Gasteiger partial charge in [-0.2, -0.15) is 5.10 Å². The molecular weight excluding hydrogens is 410 g/mol. The van der Waals surface area contributed by atoms with Gasteiger partial charge in [0.15, 0.2) is 0 Å². The van der Waals surface area contributed by atoms with Crippen molar-refractivity contribution in [2.45, 2.75) is 46.0 Å². The number of benzene rings is 3. The lowest BCUT2D eigenvalue weighted by Crippen LogP contribution is -2.18. The Morgan fingerprint density at radius 1 is 0.788 bits per heavy atom. The minimum atomic E-state index is -0.319. The van der Waals surface area contributed by atoms with Crippen LogP contribution < -0.4 is 10.7 Å². The molecule has 5 heteroatoms. The first kappa shape index (κ1) is 23.9. The van der Waals surface area contributed by atoms with E-state index in [0.29, 0.717) is 22.7 Å². The highest BCUT2D eigenvalue weighted by atomic mass is 16.2. The number of carbonyl (C=O) groups is 2. The highest BCUT2D eigenvalue weighted by molar-refractivity contribution is 6.04. The monoisotopic (exact) mass is 441 g/mol. The van der Waals surface area contributed by atoms with E-state index in [0.717, 1.165) is 5.56 Å². The van der Waals surface area contributed by atoms with Crippen molar-refractivity contribution in [3.05, 3.63) is 101 Å². The molecule has 0 heterocycles. The van der Waals surface area contributed by atoms with E-state index in [1.165, 1.54) is 11.1 Å². The van der Waals surface area contributed by atoms with Crippen LogP contribution in [0.1, 0.15) is 77.9 Å². The molecule has 2 amide bonds. The molecule has 0 radical (unpaired) electrons. The number of hydrazone groups is 1. The van der Waals surface area contributed by atoms with E-state index in [1.54, 1.807) is 30.5 Å². The first-order valence-corrected chi connectivity index (χ1v) is 11.1. The van der Waals surface area contributed by atoms with Gasteiger partial charge in [0.2, 0.25) is 0 Å². The fourth-order valence-electron chi connectivity index (χ4n) is 3.23. The number of carbonyl (C=O) groups excluding carboxylic acids is 2. The van der Waals surface area contributed by atoms with Crippen molar-refractivity contribution in [3.8, 4) is 0 Å². The average molecular weight is 442 g/mol. The van der Waals surface area contributed by atoms with Gasteiger partial charge in [0, 0.05) is 16.8 Å². The van der Waals surface area contributed by atoms with Crippen molar-refractivity contribution >= 4 is 23.7 Å². The second-order valence-electron chi connectivity index (χ2n) is 9.38. The van der Waals surface area contributed by atoms with Crippen molar-refractivity contribution in [2.24, 2.45) is 5.10 Å². The summed E-state index contributed by atoms with van der Waals surface area (Å²) >= 11 is 0. The molecule has 0 spiro atoms. The normalized spacial score (nSPS) is 11.6. The van der Waals surface area contributed by atoms with Gasteiger partial charge >= 0.3 is 0 Å². The van der Waals surface area contributed by atoms with Gasteiger partial charge in [-0.1, -0.05) is 71.0 Å². The standard InChI is InChI=1S/C28H31N3O2/c1-19(2)21-8-6-20(7-9-21)18-29-31-27(33)23-12-16-25(17-13-23)30-26(32)22-10-14-24(15-11-22)28(3,4)5/h6-19H,1-5H3,(H,30,32)(H,31,33). The summed E-state index contributed by atoms with van der Waals surface area (Å²) in [5.41, 5.74) is 7.56. The Hall–Kier alpha value is -3.73. The van der Waals surface area contributed by atoms with E-state index in [1.807, 2.05) is 36.4 Å². The second-order valence-corrected chi connectivity index (χ2v) is 9.38. The molecule has 0 fully saturated rings. The van der Waals surface area contributed by atoms with Crippen molar-refractivity contribution in [2.75, 3.05) is 5.32 Å². The summed E-state index contributed by atoms with van der Waals surface area (Å²) < 4.78 is 0. The summed E-state index contributed by atoms with van der Waals surface area (Å²) in [5.74, 6) is -0.0427. The molecule has 3 aromatic rings. The van der Waals surface area contributed by atoms with Gasteiger partial charge in [0.1, 0.15) is 0 Å². The lowest BCUT2D eigenvalue weighted by atomic mass is 9.87. The molecule has 0 aromatic heterocycles. The predicted molar refractivity (Wildman–Crippen MR) is 135 cm³/mol. The summed E-state index contributed by atoms with van der Waals surface area (Å²) in [7, 11) is 0. The SMILES string of the molecule is CC(C)c1ccc(C=NNC(=O)c2ccc(NC(=O)c3ccc(C(C)(C)C)cc3)cc2)cc1. The quantitative estimate of drug-likeness (QED) is 0.357. The van der Waals surface area contributed by atoms with Gasteiger partial charge in [0.05, 0.1) is 6.21 Å². The van der Waals surface area contributed by atoms with E-state index in [9.17, 15) is 9.59 Å². The van der Waals surface area contributed by atoms with Gasteiger partial charge in [-0.15, -0.1) is 0 Å². The molecule has 3 aromatic carbocycles. The zero-order valence-corrected chi connectivity index (χ0v) is 19.8. The van der Waals surface area contributed by atoms with Crippen LogP contribution in [0.3, 0.4) is 0 Å². The minimum Gasteiger partial charge on any atom is -0.322 e. The van der Waals surface area contributed by atoms with Crippen LogP contribution in [0, 0.1) is 0 Å². The molecule has 5 nitrogen and oxygen atoms in total. The summed E-state index contributed by atoms with van der Waals surface area (Å²) in [6, 6.07) is 22.4. The zero-order chi connectivity index (χ0) is 24.0. The topological polar surface area (TPSA) is 70.6 Å². The molecule has 0 bridgehead atoms. The summed E-state index contributed by atoms with van der Waals surface area (Å²) in [6.45, 7) is 10.7. The number of nitrogens with zero attached hydrogens (tertiary/aromatic N) is 1. The molecule has 2 N–H and O–H groups in total. The smallest absolute Gasteiger partial charge is 0.271 e. The van der Waals surface area contributed by atoms with E-state index in [4.69, 9.17) is 0 Å². The minimum absolute atomic E-state index is 0.0356. The summed E-state index contributed by atoms with van der Waals surface area (Å²) in [6.07, 6.45) is 1.61. The predicted octanol–water partition coefficient (Wildman–Crippen LogP) is 6.12. The Morgan fingerprint density at radius 3 is 1.88 bits per heavy atom. The largest absolute Gasteiger partial charge is 0.322 e. The van der Waals surface area contributed by atoms with Crippen LogP contribution in [-0.2, 0) is 5.41 Å². The molecular formula is C28H31N3O2. The van der Waals surface area contributed by atoms with Crippen LogP contribution in [0.15, 0.2) is 77.9 Å². The molecule has 0 saturated heterocycles. The molecule has 0 unspecified atom stereocenters. The third kappa shape index (κ3) is 6.62. The number of nitrogens with one attached hydrogen (secondary N) is 2. The van der Waals surface area contributed by atoms with Crippen molar-refractivity contribution in [3.63, 3.8) is 0 Å². The maximum Gasteiger partial charge on any atom is 0.271 e. The molecule has 3 rings (SSSR count). The van der Waals surface area contributed by atoms with Crippen LogP contribution in [-0.4, -0.2) is 18.0 Å². The Kier molecular flexibility index (Phi) is 7.44. The zero-order valence-electron chi connectivity index (χ0n) is 19.8. The number of hydrogen-bond acceptors (Lipinski definition) is 3. The van der Waals surface area contributed by atoms with Gasteiger partial charge in [0.25, 0.3) is 11.8 Å². The summed E-state index contributed by atoms with van der Waals surface area (Å²) in [4.78, 5) is 24.9. The maximum absolute atomic E-state index is 12.5. The second kappa shape index (κ2) is 10.3. The van der Waals surface area contributed by atoms with Gasteiger partial charge in [-0.25, -0.2) is 5.43 Å². The van der Waals surface area contributed by atoms with Crippen molar-refractivity contribution in [1.82, 2.24) is 5.43 Å². The van der Waals surface area contributed by atoms with Crippen molar-refractivity contribution < 1.29 is 9.59 Å². The first-order valence-electron chi connectivity index (χ1n) is 11.1. The van der Waals surface area contributed by atoms with Gasteiger partial charge in [-0.05, 0) is 64.4 Å². The van der Waals surface area contributed by atoms with Crippen LogP contribution in [0.4, 0.5) is 5.69 Å². The highest BCUT2D eigenvalue weighted by Gasteiger charge is 2.14. The van der Waals surface area contributed by atoms with Crippen LogP contribution in [0.2, 0.25) is 0 Å². The Bertz CT molecular complexity index is 1120.